The molecule has 184 valence electrons. The van der Waals surface area contributed by atoms with Crippen LogP contribution in [-0.4, -0.2) is 64.2 Å². The van der Waals surface area contributed by atoms with Crippen molar-refractivity contribution in [3.8, 4) is 17.1 Å². The smallest absolute Gasteiger partial charge is 0.277 e. The van der Waals surface area contributed by atoms with Crippen molar-refractivity contribution in [1.29, 1.82) is 0 Å². The van der Waals surface area contributed by atoms with E-state index in [4.69, 9.17) is 4.74 Å². The molecule has 1 aromatic carbocycles. The molecule has 4 rings (SSSR count). The summed E-state index contributed by atoms with van der Waals surface area (Å²) in [5.74, 6) is 1.36. The third kappa shape index (κ3) is 4.47. The number of fused-ring (bicyclic) bond motifs is 1. The highest BCUT2D eigenvalue weighted by molar-refractivity contribution is 7.89. The van der Waals surface area contributed by atoms with Crippen LogP contribution in [0.15, 0.2) is 27.9 Å². The number of rotatable bonds is 8. The Labute approximate surface area is 199 Å². The lowest BCUT2D eigenvalue weighted by atomic mass is 10.2. The number of aryl methyl sites for hydroxylation is 2. The third-order valence-corrected chi connectivity index (χ3v) is 7.88. The predicted molar refractivity (Wildman–Crippen MR) is 129 cm³/mol. The number of imidazole rings is 1. The number of aromatic amines is 1. The number of nitrogens with one attached hydrogen (secondary N) is 1. The van der Waals surface area contributed by atoms with Crippen LogP contribution in [0.5, 0.6) is 5.75 Å². The van der Waals surface area contributed by atoms with Crippen molar-refractivity contribution in [1.82, 2.24) is 29.0 Å². The molecular weight excluding hydrogens is 456 g/mol. The molecular formula is C23H32N6O4S. The Morgan fingerprint density at radius 2 is 1.91 bits per heavy atom. The Kier molecular flexibility index (Phi) is 7.06. The monoisotopic (exact) mass is 488 g/mol. The summed E-state index contributed by atoms with van der Waals surface area (Å²) < 4.78 is 35.5. The lowest BCUT2D eigenvalue weighted by molar-refractivity contribution is 0.0609. The van der Waals surface area contributed by atoms with Crippen molar-refractivity contribution < 1.29 is 13.2 Å². The Hall–Kier alpha value is -2.76. The van der Waals surface area contributed by atoms with E-state index in [0.717, 1.165) is 25.7 Å². The van der Waals surface area contributed by atoms with Gasteiger partial charge in [-0.1, -0.05) is 13.3 Å². The molecule has 1 aliphatic heterocycles. The zero-order valence-corrected chi connectivity index (χ0v) is 21.0. The first-order chi connectivity index (χ1) is 16.3. The topological polar surface area (TPSA) is 113 Å². The van der Waals surface area contributed by atoms with E-state index in [9.17, 15) is 13.2 Å². The summed E-state index contributed by atoms with van der Waals surface area (Å²) in [4.78, 5) is 20.4. The Balaban J connectivity index is 1.84. The van der Waals surface area contributed by atoms with Gasteiger partial charge < -0.3 is 9.72 Å². The lowest BCUT2D eigenvalue weighted by Gasteiger charge is -2.33. The molecule has 10 nitrogen and oxygen atoms in total. The zero-order chi connectivity index (χ0) is 24.5. The van der Waals surface area contributed by atoms with Gasteiger partial charge in [0, 0.05) is 26.6 Å². The van der Waals surface area contributed by atoms with E-state index in [1.54, 1.807) is 24.6 Å². The van der Waals surface area contributed by atoms with Crippen molar-refractivity contribution in [3.63, 3.8) is 0 Å². The van der Waals surface area contributed by atoms with E-state index in [-0.39, 0.29) is 16.3 Å². The fourth-order valence-electron chi connectivity index (χ4n) is 4.34. The van der Waals surface area contributed by atoms with Gasteiger partial charge in [0.05, 0.1) is 22.8 Å². The molecule has 0 saturated carbocycles. The molecule has 0 atom stereocenters. The largest absolute Gasteiger partial charge is 0.493 e. The highest BCUT2D eigenvalue weighted by Gasteiger charge is 2.29. The number of benzene rings is 1. The summed E-state index contributed by atoms with van der Waals surface area (Å²) in [6.07, 6.45) is 4.54. The molecule has 0 amide bonds. The highest BCUT2D eigenvalue weighted by Crippen LogP contribution is 2.31. The third-order valence-electron chi connectivity index (χ3n) is 6.10. The molecule has 0 aliphatic carbocycles. The van der Waals surface area contributed by atoms with Gasteiger partial charge >= 0.3 is 0 Å². The van der Waals surface area contributed by atoms with E-state index >= 15 is 0 Å². The second kappa shape index (κ2) is 9.85. The van der Waals surface area contributed by atoms with Crippen molar-refractivity contribution in [2.45, 2.75) is 57.8 Å². The number of piperidine rings is 1. The summed E-state index contributed by atoms with van der Waals surface area (Å²) >= 11 is 0. The number of nitrogens with zero attached hydrogens (tertiary/aromatic N) is 5. The van der Waals surface area contributed by atoms with Crippen LogP contribution in [0.2, 0.25) is 0 Å². The molecule has 3 heterocycles. The van der Waals surface area contributed by atoms with Gasteiger partial charge in [0.25, 0.3) is 15.6 Å². The summed E-state index contributed by atoms with van der Waals surface area (Å²) in [5, 5.41) is 6.50. The summed E-state index contributed by atoms with van der Waals surface area (Å²) in [6.45, 7) is 7.43. The van der Waals surface area contributed by atoms with Crippen LogP contribution in [0.4, 0.5) is 0 Å². The maximum Gasteiger partial charge on any atom is 0.277 e. The zero-order valence-electron chi connectivity index (χ0n) is 20.2. The van der Waals surface area contributed by atoms with Crippen LogP contribution in [0, 0.1) is 6.92 Å². The number of aromatic nitrogens is 4. The molecule has 0 unspecified atom stereocenters. The van der Waals surface area contributed by atoms with Gasteiger partial charge in [0.2, 0.25) is 0 Å². The number of sulfonamides is 1. The van der Waals surface area contributed by atoms with Crippen molar-refractivity contribution in [3.05, 3.63) is 40.1 Å². The minimum absolute atomic E-state index is 0.109. The number of hydrogen-bond acceptors (Lipinski definition) is 7. The van der Waals surface area contributed by atoms with Crippen molar-refractivity contribution in [2.75, 3.05) is 26.7 Å². The van der Waals surface area contributed by atoms with E-state index in [0.29, 0.717) is 54.5 Å². The lowest BCUT2D eigenvalue weighted by Crippen LogP contribution is -2.46. The molecule has 2 aromatic heterocycles. The first kappa shape index (κ1) is 24.4. The Morgan fingerprint density at radius 3 is 2.59 bits per heavy atom. The number of H-pyrrole nitrogens is 1. The standard InChI is InChI=1S/C23H32N6O4S/c1-5-10-20-24-16(3)21-23(30)25-22(26-29(20)21)18-15-17(11-12-19(18)33-6-2)34(31,32)27(4)28-13-8-7-9-14-28/h11-12,15H,5-10,13-14H2,1-4H3,(H,25,26,30). The molecule has 0 radical (unpaired) electrons. The number of hydrogen-bond donors (Lipinski definition) is 1. The van der Waals surface area contributed by atoms with Crippen LogP contribution < -0.4 is 10.3 Å². The van der Waals surface area contributed by atoms with Gasteiger partial charge in [-0.15, -0.1) is 9.51 Å². The first-order valence-corrected chi connectivity index (χ1v) is 13.2. The minimum Gasteiger partial charge on any atom is -0.493 e. The van der Waals surface area contributed by atoms with Gasteiger partial charge in [-0.2, -0.15) is 0 Å². The van der Waals surface area contributed by atoms with Crippen LogP contribution in [0.3, 0.4) is 0 Å². The van der Waals surface area contributed by atoms with Crippen LogP contribution in [-0.2, 0) is 16.4 Å². The van der Waals surface area contributed by atoms with E-state index in [2.05, 4.69) is 15.1 Å². The van der Waals surface area contributed by atoms with Gasteiger partial charge in [-0.05, 0) is 51.3 Å². The van der Waals surface area contributed by atoms with E-state index < -0.39 is 10.0 Å². The second-order valence-electron chi connectivity index (χ2n) is 8.47. The average molecular weight is 489 g/mol. The SMILES string of the molecule is CCCc1nc(C)c2c(=O)[nH]c(-c3cc(S(=O)(=O)N(C)N4CCCCC4)ccc3OCC)nn12. The highest BCUT2D eigenvalue weighted by atomic mass is 32.2. The van der Waals surface area contributed by atoms with Crippen LogP contribution >= 0.6 is 0 Å². The molecule has 34 heavy (non-hydrogen) atoms. The van der Waals surface area contributed by atoms with Crippen LogP contribution in [0.25, 0.3) is 16.9 Å². The Morgan fingerprint density at radius 1 is 1.18 bits per heavy atom. The quantitative estimate of drug-likeness (QED) is 0.519. The Bertz CT molecular complexity index is 1340. The normalized spacial score (nSPS) is 15.3. The van der Waals surface area contributed by atoms with Gasteiger partial charge in [0.1, 0.15) is 11.6 Å². The minimum atomic E-state index is -3.80. The van der Waals surface area contributed by atoms with Crippen molar-refractivity contribution >= 4 is 15.5 Å². The molecule has 0 spiro atoms. The molecule has 3 aromatic rings. The van der Waals surface area contributed by atoms with Crippen LogP contribution in [0.1, 0.15) is 51.0 Å². The number of hydrazine groups is 1. The maximum atomic E-state index is 13.4. The summed E-state index contributed by atoms with van der Waals surface area (Å²) in [7, 11) is -2.22. The van der Waals surface area contributed by atoms with Crippen molar-refractivity contribution in [2.24, 2.45) is 0 Å². The predicted octanol–water partition coefficient (Wildman–Crippen LogP) is 2.77. The van der Waals surface area contributed by atoms with Gasteiger partial charge in [0.15, 0.2) is 11.3 Å². The first-order valence-electron chi connectivity index (χ1n) is 11.8. The molecule has 0 bridgehead atoms. The molecule has 1 N–H and O–H groups in total. The van der Waals surface area contributed by atoms with Gasteiger partial charge in [-0.25, -0.2) is 22.9 Å². The molecule has 1 saturated heterocycles. The van der Waals surface area contributed by atoms with Gasteiger partial charge in [-0.3, -0.25) is 4.79 Å². The maximum absolute atomic E-state index is 13.4. The second-order valence-corrected chi connectivity index (χ2v) is 10.4. The molecule has 1 aliphatic rings. The molecule has 1 fully saturated rings. The van der Waals surface area contributed by atoms with E-state index in [1.165, 1.54) is 16.5 Å². The summed E-state index contributed by atoms with van der Waals surface area (Å²) in [5.41, 5.74) is 1.06. The average Bonchev–Trinajstić information content (AvgIpc) is 3.15. The summed E-state index contributed by atoms with van der Waals surface area (Å²) in [6, 6.07) is 4.67. The van der Waals surface area contributed by atoms with E-state index in [1.807, 2.05) is 18.9 Å². The fourth-order valence-corrected chi connectivity index (χ4v) is 5.62. The fraction of sp³-hybridized carbons (Fsp3) is 0.522. The molecule has 11 heteroatoms. The number of ether oxygens (including phenoxy) is 1.